The first-order valence-corrected chi connectivity index (χ1v) is 13.2. The van der Waals surface area contributed by atoms with Crippen LogP contribution >= 0.6 is 0 Å². The second-order valence-corrected chi connectivity index (χ2v) is 10.4. The van der Waals surface area contributed by atoms with E-state index in [9.17, 15) is 9.90 Å². The minimum atomic E-state index is 0. The summed E-state index contributed by atoms with van der Waals surface area (Å²) in [6.07, 6.45) is 6.52. The third-order valence-corrected chi connectivity index (χ3v) is 6.74. The van der Waals surface area contributed by atoms with E-state index in [1.165, 1.54) is 17.0 Å². The normalized spacial score (nSPS) is 11.8. The van der Waals surface area contributed by atoms with Crippen LogP contribution in [0.5, 0.6) is 0 Å². The average Bonchev–Trinajstić information content (AvgIpc) is 2.84. The topological polar surface area (TPSA) is 63.1 Å². The fourth-order valence-corrected chi connectivity index (χ4v) is 4.37. The quantitative estimate of drug-likeness (QED) is 0.147. The van der Waals surface area contributed by atoms with Crippen LogP contribution in [0.2, 0.25) is 0 Å². The summed E-state index contributed by atoms with van der Waals surface area (Å²) in [6, 6.07) is 16.1. The summed E-state index contributed by atoms with van der Waals surface area (Å²) < 4.78 is 0. The van der Waals surface area contributed by atoms with E-state index in [2.05, 4.69) is 67.1 Å². The minimum absolute atomic E-state index is 0. The van der Waals surface area contributed by atoms with E-state index in [4.69, 9.17) is 0 Å². The monoisotopic (exact) mass is 680 g/mol. The van der Waals surface area contributed by atoms with Gasteiger partial charge >= 0.3 is 0 Å². The maximum absolute atomic E-state index is 11.7. The molecule has 2 aromatic carbocycles. The summed E-state index contributed by atoms with van der Waals surface area (Å²) in [4.78, 5) is 20.3. The average molecular weight is 680 g/mol. The zero-order valence-electron chi connectivity index (χ0n) is 23.7. The molecule has 3 aromatic rings. The molecule has 3 rings (SSSR count). The van der Waals surface area contributed by atoms with Crippen LogP contribution in [0.1, 0.15) is 85.4 Å². The molecule has 203 valence electrons. The van der Waals surface area contributed by atoms with Gasteiger partial charge in [-0.25, -0.2) is 4.98 Å². The van der Waals surface area contributed by atoms with E-state index in [0.717, 1.165) is 48.0 Å². The molecular formula is C32H43IrN2O2-. The van der Waals surface area contributed by atoms with Gasteiger partial charge in [0.2, 0.25) is 0 Å². The number of fused-ring (bicyclic) bond motifs is 1. The maximum atomic E-state index is 11.7. The van der Waals surface area contributed by atoms with Gasteiger partial charge < -0.3 is 5.11 Å². The van der Waals surface area contributed by atoms with E-state index < -0.39 is 0 Å². The standard InChI is InChI=1S/C19H19N2.C13H24O2.Ir/c1-13-9-18(21-12-20-13)15-10-14-7-5-6-8-16(14)17(11-15)19(2,3)4;1-5-10(6-2)12(14)9-13(15)11(7-3)8-4;/h5-9,11-12H,1-4H3;9-11,14H,5-8H2,1-4H3;/q-1;;/b;12-9-;. The Morgan fingerprint density at radius 3 is 2.11 bits per heavy atom. The van der Waals surface area contributed by atoms with Crippen LogP contribution in [0, 0.1) is 24.8 Å². The molecule has 0 atom stereocenters. The van der Waals surface area contributed by atoms with Gasteiger partial charge in [-0.1, -0.05) is 77.6 Å². The number of hydrogen-bond donors (Lipinski definition) is 1. The van der Waals surface area contributed by atoms with Gasteiger partial charge in [0.05, 0.1) is 5.76 Å². The van der Waals surface area contributed by atoms with Crippen LogP contribution < -0.4 is 0 Å². The third kappa shape index (κ3) is 9.16. The van der Waals surface area contributed by atoms with Gasteiger partial charge in [-0.05, 0) is 44.1 Å². The Morgan fingerprint density at radius 1 is 0.973 bits per heavy atom. The molecule has 1 N–H and O–H groups in total. The van der Waals surface area contributed by atoms with E-state index in [1.807, 2.05) is 40.7 Å². The van der Waals surface area contributed by atoms with Gasteiger partial charge in [0, 0.05) is 49.4 Å². The summed E-state index contributed by atoms with van der Waals surface area (Å²) in [6.45, 7) is 16.8. The molecule has 0 spiro atoms. The molecule has 1 radical (unpaired) electrons. The van der Waals surface area contributed by atoms with Crippen molar-refractivity contribution in [3.8, 4) is 11.3 Å². The molecule has 1 aromatic heterocycles. The smallest absolute Gasteiger partial charge is 0.162 e. The SMILES string of the molecule is CCC(CC)C(=O)/C=C(\O)C(CC)CC.Cc1cc(-c2[c-]c3ccccc3c(C(C)(C)C)c2)ncn1.[Ir]. The van der Waals surface area contributed by atoms with Crippen molar-refractivity contribution in [3.05, 3.63) is 71.9 Å². The van der Waals surface area contributed by atoms with Gasteiger partial charge in [0.15, 0.2) is 5.78 Å². The molecule has 0 aliphatic rings. The molecule has 0 aliphatic carbocycles. The van der Waals surface area contributed by atoms with Gasteiger partial charge in [0.1, 0.15) is 6.33 Å². The number of aromatic nitrogens is 2. The Hall–Kier alpha value is -2.36. The third-order valence-electron chi connectivity index (χ3n) is 6.74. The number of carbonyl (C=O) groups excluding carboxylic acids is 1. The molecule has 0 amide bonds. The molecular weight excluding hydrogens is 637 g/mol. The largest absolute Gasteiger partial charge is 0.512 e. The van der Waals surface area contributed by atoms with E-state index in [0.29, 0.717) is 0 Å². The van der Waals surface area contributed by atoms with Crippen LogP contribution in [-0.4, -0.2) is 20.9 Å². The molecule has 37 heavy (non-hydrogen) atoms. The van der Waals surface area contributed by atoms with Gasteiger partial charge in [-0.15, -0.1) is 29.1 Å². The minimum Gasteiger partial charge on any atom is -0.512 e. The Balaban J connectivity index is 0.000000384. The van der Waals surface area contributed by atoms with Crippen molar-refractivity contribution in [2.45, 2.75) is 86.5 Å². The van der Waals surface area contributed by atoms with Crippen molar-refractivity contribution in [3.63, 3.8) is 0 Å². The predicted octanol–water partition coefficient (Wildman–Crippen LogP) is 8.57. The van der Waals surface area contributed by atoms with Gasteiger partial charge in [-0.2, -0.15) is 0 Å². The van der Waals surface area contributed by atoms with E-state index >= 15 is 0 Å². The summed E-state index contributed by atoms with van der Waals surface area (Å²) in [5.41, 5.74) is 4.33. The summed E-state index contributed by atoms with van der Waals surface area (Å²) in [7, 11) is 0. The van der Waals surface area contributed by atoms with Crippen LogP contribution in [0.25, 0.3) is 22.0 Å². The first-order valence-electron chi connectivity index (χ1n) is 13.2. The van der Waals surface area contributed by atoms with Crippen molar-refractivity contribution in [2.75, 3.05) is 0 Å². The molecule has 1 heterocycles. The summed E-state index contributed by atoms with van der Waals surface area (Å²) in [5.74, 6) is 0.547. The number of hydrogen-bond acceptors (Lipinski definition) is 4. The Labute approximate surface area is 237 Å². The number of carbonyl (C=O) groups is 1. The first-order chi connectivity index (χ1) is 17.0. The van der Waals surface area contributed by atoms with E-state index in [-0.39, 0.29) is 48.9 Å². The second-order valence-electron chi connectivity index (χ2n) is 10.4. The van der Waals surface area contributed by atoms with Gasteiger partial charge in [0.25, 0.3) is 0 Å². The molecule has 0 saturated carbocycles. The molecule has 0 aliphatic heterocycles. The Kier molecular flexibility index (Phi) is 13.4. The molecule has 5 heteroatoms. The fraction of sp³-hybridized carbons (Fsp3) is 0.469. The number of rotatable bonds is 8. The van der Waals surface area contributed by atoms with Gasteiger partial charge in [-0.3, -0.25) is 9.78 Å². The number of aryl methyl sites for hydroxylation is 1. The van der Waals surface area contributed by atoms with Crippen molar-refractivity contribution in [2.24, 2.45) is 11.8 Å². The zero-order valence-corrected chi connectivity index (χ0v) is 26.1. The summed E-state index contributed by atoms with van der Waals surface area (Å²) in [5, 5.41) is 12.2. The number of allylic oxidation sites excluding steroid dienone is 2. The Bertz CT molecular complexity index is 1170. The number of benzene rings is 2. The second kappa shape index (κ2) is 15.1. The molecule has 0 fully saturated rings. The fourth-order valence-electron chi connectivity index (χ4n) is 4.37. The van der Waals surface area contributed by atoms with Crippen LogP contribution in [0.3, 0.4) is 0 Å². The van der Waals surface area contributed by atoms with Crippen LogP contribution in [-0.2, 0) is 30.3 Å². The Morgan fingerprint density at radius 2 is 1.57 bits per heavy atom. The van der Waals surface area contributed by atoms with E-state index in [1.54, 1.807) is 6.33 Å². The predicted molar refractivity (Wildman–Crippen MR) is 151 cm³/mol. The van der Waals surface area contributed by atoms with Crippen LogP contribution in [0.15, 0.2) is 54.6 Å². The van der Waals surface area contributed by atoms with Crippen molar-refractivity contribution in [1.82, 2.24) is 9.97 Å². The zero-order chi connectivity index (χ0) is 26.9. The molecule has 0 bridgehead atoms. The molecule has 0 unspecified atom stereocenters. The first kappa shape index (κ1) is 32.7. The number of ketones is 1. The molecule has 4 nitrogen and oxygen atoms in total. The van der Waals surface area contributed by atoms with Crippen molar-refractivity contribution in [1.29, 1.82) is 0 Å². The summed E-state index contributed by atoms with van der Waals surface area (Å²) >= 11 is 0. The number of aliphatic hydroxyl groups is 1. The van der Waals surface area contributed by atoms with Crippen LogP contribution in [0.4, 0.5) is 0 Å². The molecule has 0 saturated heterocycles. The van der Waals surface area contributed by atoms with Crippen molar-refractivity contribution >= 4 is 16.6 Å². The van der Waals surface area contributed by atoms with Crippen molar-refractivity contribution < 1.29 is 30.0 Å². The number of nitrogens with zero attached hydrogens (tertiary/aromatic N) is 2. The maximum Gasteiger partial charge on any atom is 0.162 e. The number of aliphatic hydroxyl groups excluding tert-OH is 1.